The molecular weight excluding hydrogens is 430 g/mol. The van der Waals surface area contributed by atoms with E-state index in [2.05, 4.69) is 18.7 Å². The molecule has 1 saturated heterocycles. The van der Waals surface area contributed by atoms with Gasteiger partial charge in [-0.1, -0.05) is 54.6 Å². The van der Waals surface area contributed by atoms with Crippen LogP contribution < -0.4 is 5.48 Å². The Balaban J connectivity index is 1.68. The Morgan fingerprint density at radius 3 is 2.06 bits per heavy atom. The second-order valence-electron chi connectivity index (χ2n) is 8.65. The molecule has 0 aliphatic carbocycles. The van der Waals surface area contributed by atoms with Gasteiger partial charge in [-0.2, -0.15) is 0 Å². The van der Waals surface area contributed by atoms with Gasteiger partial charge in [0, 0.05) is 50.3 Å². The van der Waals surface area contributed by atoms with Crippen LogP contribution in [0, 0.1) is 0 Å². The third kappa shape index (κ3) is 6.50. The quantitative estimate of drug-likeness (QED) is 0.285. The molecule has 0 bridgehead atoms. The van der Waals surface area contributed by atoms with Crippen molar-refractivity contribution in [1.82, 2.24) is 15.3 Å². The van der Waals surface area contributed by atoms with Crippen molar-refractivity contribution < 1.29 is 19.6 Å². The number of hydrogen-bond donors (Lipinski definition) is 2. The SMILES string of the molecule is CC(=O)N1[C@H](C)CN(Cc2ccccc2C(=O)C=Cc2ccc(C=CC(=O)NO)cc2)C[C@@H]1C. The van der Waals surface area contributed by atoms with Gasteiger partial charge in [0.05, 0.1) is 0 Å². The minimum absolute atomic E-state index is 0.0670. The van der Waals surface area contributed by atoms with Crippen LogP contribution in [0.5, 0.6) is 0 Å². The van der Waals surface area contributed by atoms with Gasteiger partial charge >= 0.3 is 0 Å². The Bertz CT molecular complexity index is 1080. The number of hydroxylamine groups is 1. The molecule has 3 rings (SSSR count). The van der Waals surface area contributed by atoms with E-state index in [0.717, 1.165) is 29.8 Å². The lowest BCUT2D eigenvalue weighted by atomic mass is 10.0. The number of carbonyl (C=O) groups is 3. The molecule has 0 radical (unpaired) electrons. The third-order valence-electron chi connectivity index (χ3n) is 5.94. The van der Waals surface area contributed by atoms with Crippen LogP contribution in [0.4, 0.5) is 0 Å². The highest BCUT2D eigenvalue weighted by Crippen LogP contribution is 2.20. The molecule has 2 aromatic rings. The van der Waals surface area contributed by atoms with Crippen LogP contribution >= 0.6 is 0 Å². The Hall–Kier alpha value is -3.55. The molecule has 7 nitrogen and oxygen atoms in total. The van der Waals surface area contributed by atoms with Gasteiger partial charge in [-0.15, -0.1) is 0 Å². The van der Waals surface area contributed by atoms with Crippen LogP contribution in [-0.2, 0) is 16.1 Å². The van der Waals surface area contributed by atoms with Crippen LogP contribution in [0.3, 0.4) is 0 Å². The molecular formula is C27H31N3O4. The lowest BCUT2D eigenvalue weighted by molar-refractivity contribution is -0.136. The number of carbonyl (C=O) groups excluding carboxylic acids is 3. The summed E-state index contributed by atoms with van der Waals surface area (Å²) < 4.78 is 0. The van der Waals surface area contributed by atoms with Gasteiger partial charge in [0.25, 0.3) is 5.91 Å². The average molecular weight is 462 g/mol. The Morgan fingerprint density at radius 1 is 0.941 bits per heavy atom. The van der Waals surface area contributed by atoms with E-state index in [9.17, 15) is 14.4 Å². The number of amides is 2. The highest BCUT2D eigenvalue weighted by Gasteiger charge is 2.31. The number of benzene rings is 2. The largest absolute Gasteiger partial charge is 0.335 e. The maximum absolute atomic E-state index is 13.0. The molecule has 2 aromatic carbocycles. The van der Waals surface area contributed by atoms with E-state index in [-0.39, 0.29) is 23.8 Å². The second-order valence-corrected chi connectivity index (χ2v) is 8.65. The molecule has 1 aliphatic heterocycles. The lowest BCUT2D eigenvalue weighted by Gasteiger charge is -2.44. The summed E-state index contributed by atoms with van der Waals surface area (Å²) in [6.45, 7) is 7.92. The van der Waals surface area contributed by atoms with Gasteiger partial charge in [0.2, 0.25) is 5.91 Å². The van der Waals surface area contributed by atoms with Crippen molar-refractivity contribution in [3.05, 3.63) is 82.9 Å². The van der Waals surface area contributed by atoms with Crippen molar-refractivity contribution in [1.29, 1.82) is 0 Å². The summed E-state index contributed by atoms with van der Waals surface area (Å²) in [5.74, 6) is -0.569. The molecule has 7 heteroatoms. The summed E-state index contributed by atoms with van der Waals surface area (Å²) in [4.78, 5) is 40.2. The molecule has 178 valence electrons. The van der Waals surface area contributed by atoms with Crippen LogP contribution in [0.15, 0.2) is 60.7 Å². The minimum atomic E-state index is -0.599. The maximum Gasteiger partial charge on any atom is 0.267 e. The first kappa shape index (κ1) is 25.1. The monoisotopic (exact) mass is 461 g/mol. The molecule has 0 spiro atoms. The van der Waals surface area contributed by atoms with Crippen molar-refractivity contribution in [3.8, 4) is 0 Å². The number of hydrogen-bond acceptors (Lipinski definition) is 5. The van der Waals surface area contributed by atoms with Gasteiger partial charge in [-0.05, 0) is 42.7 Å². The fraction of sp³-hybridized carbons (Fsp3) is 0.296. The molecule has 1 fully saturated rings. The Labute approximate surface area is 200 Å². The average Bonchev–Trinajstić information content (AvgIpc) is 2.81. The summed E-state index contributed by atoms with van der Waals surface area (Å²) in [7, 11) is 0. The molecule has 34 heavy (non-hydrogen) atoms. The third-order valence-corrected chi connectivity index (χ3v) is 5.94. The van der Waals surface area contributed by atoms with Gasteiger partial charge < -0.3 is 4.90 Å². The summed E-state index contributed by atoms with van der Waals surface area (Å²) in [5, 5.41) is 8.53. The molecule has 0 unspecified atom stereocenters. The number of allylic oxidation sites excluding steroid dienone is 1. The summed E-state index contributed by atoms with van der Waals surface area (Å²) in [6, 6.07) is 15.2. The summed E-state index contributed by atoms with van der Waals surface area (Å²) in [6.07, 6.45) is 6.15. The van der Waals surface area contributed by atoms with Crippen LogP contribution in [-0.4, -0.2) is 57.8 Å². The number of rotatable bonds is 7. The Kier molecular flexibility index (Phi) is 8.51. The van der Waals surface area contributed by atoms with Crippen molar-refractivity contribution >= 4 is 29.7 Å². The number of ketones is 1. The first-order valence-electron chi connectivity index (χ1n) is 11.3. The zero-order valence-electron chi connectivity index (χ0n) is 19.8. The molecule has 2 amide bonds. The number of piperazine rings is 1. The molecule has 0 saturated carbocycles. The smallest absolute Gasteiger partial charge is 0.267 e. The minimum Gasteiger partial charge on any atom is -0.335 e. The fourth-order valence-electron chi connectivity index (χ4n) is 4.51. The Morgan fingerprint density at radius 2 is 1.50 bits per heavy atom. The number of nitrogens with one attached hydrogen (secondary N) is 1. The van der Waals surface area contributed by atoms with E-state index in [1.807, 2.05) is 53.4 Å². The fourth-order valence-corrected chi connectivity index (χ4v) is 4.51. The predicted octanol–water partition coefficient (Wildman–Crippen LogP) is 3.54. The van der Waals surface area contributed by atoms with Gasteiger partial charge in [0.15, 0.2) is 5.78 Å². The molecule has 2 atom stereocenters. The van der Waals surface area contributed by atoms with E-state index in [0.29, 0.717) is 12.1 Å². The van der Waals surface area contributed by atoms with Crippen LogP contribution in [0.25, 0.3) is 12.2 Å². The normalized spacial score (nSPS) is 19.0. The summed E-state index contributed by atoms with van der Waals surface area (Å²) in [5.41, 5.74) is 4.84. The zero-order valence-corrected chi connectivity index (χ0v) is 19.8. The first-order valence-corrected chi connectivity index (χ1v) is 11.3. The van der Waals surface area contributed by atoms with Crippen LogP contribution in [0.2, 0.25) is 0 Å². The first-order chi connectivity index (χ1) is 16.3. The number of nitrogens with zero attached hydrogens (tertiary/aromatic N) is 2. The standard InChI is InChI=1S/C27H31N3O4/c1-19-16-29(17-20(2)30(19)21(3)31)18-24-6-4-5-7-25(24)26(32)14-12-22-8-10-23(11-9-22)13-15-27(33)28-34/h4-15,19-20,34H,16-18H2,1-3H3,(H,28,33)/t19-,20+. The lowest BCUT2D eigenvalue weighted by Crippen LogP contribution is -2.57. The highest BCUT2D eigenvalue weighted by molar-refractivity contribution is 6.07. The van der Waals surface area contributed by atoms with Crippen molar-refractivity contribution in [2.75, 3.05) is 13.1 Å². The van der Waals surface area contributed by atoms with Gasteiger partial charge in [-0.25, -0.2) is 5.48 Å². The van der Waals surface area contributed by atoms with E-state index in [4.69, 9.17) is 5.21 Å². The predicted molar refractivity (Wildman–Crippen MR) is 132 cm³/mol. The van der Waals surface area contributed by atoms with E-state index >= 15 is 0 Å². The van der Waals surface area contributed by atoms with Crippen molar-refractivity contribution in [2.24, 2.45) is 0 Å². The second kappa shape index (κ2) is 11.5. The van der Waals surface area contributed by atoms with Gasteiger partial charge in [-0.3, -0.25) is 24.5 Å². The topological polar surface area (TPSA) is 90.0 Å². The maximum atomic E-state index is 13.0. The van der Waals surface area contributed by atoms with E-state index in [1.54, 1.807) is 30.6 Å². The molecule has 1 aliphatic rings. The van der Waals surface area contributed by atoms with Crippen LogP contribution in [0.1, 0.15) is 47.8 Å². The van der Waals surface area contributed by atoms with Gasteiger partial charge in [0.1, 0.15) is 0 Å². The zero-order chi connectivity index (χ0) is 24.7. The molecule has 0 aromatic heterocycles. The van der Waals surface area contributed by atoms with E-state index < -0.39 is 5.91 Å². The molecule has 2 N–H and O–H groups in total. The summed E-state index contributed by atoms with van der Waals surface area (Å²) >= 11 is 0. The van der Waals surface area contributed by atoms with E-state index in [1.165, 1.54) is 6.08 Å². The highest BCUT2D eigenvalue weighted by atomic mass is 16.5. The van der Waals surface area contributed by atoms with Crippen molar-refractivity contribution in [3.63, 3.8) is 0 Å². The molecule has 1 heterocycles. The van der Waals surface area contributed by atoms with Crippen molar-refractivity contribution in [2.45, 2.75) is 39.4 Å².